The SMILES string of the molecule is Cc1nn(CC(=O)NCC2(C)CCCS2)c(C)c1N. The van der Waals surface area contributed by atoms with E-state index in [0.717, 1.165) is 17.9 Å². The van der Waals surface area contributed by atoms with E-state index in [0.29, 0.717) is 5.69 Å². The van der Waals surface area contributed by atoms with E-state index in [-0.39, 0.29) is 17.2 Å². The molecule has 1 saturated heterocycles. The van der Waals surface area contributed by atoms with Crippen LogP contribution in [0.25, 0.3) is 0 Å². The average Bonchev–Trinajstić information content (AvgIpc) is 2.89. The van der Waals surface area contributed by atoms with Crippen LogP contribution in [0.15, 0.2) is 0 Å². The van der Waals surface area contributed by atoms with Gasteiger partial charge < -0.3 is 11.1 Å². The molecule has 1 atom stereocenters. The third kappa shape index (κ3) is 3.23. The molecule has 0 saturated carbocycles. The van der Waals surface area contributed by atoms with Gasteiger partial charge in [-0.15, -0.1) is 0 Å². The maximum absolute atomic E-state index is 12.0. The highest BCUT2D eigenvalue weighted by Gasteiger charge is 2.29. The molecular weight excluding hydrogens is 260 g/mol. The van der Waals surface area contributed by atoms with Gasteiger partial charge in [-0.3, -0.25) is 9.48 Å². The second-order valence-electron chi connectivity index (χ2n) is 5.42. The van der Waals surface area contributed by atoms with Crippen molar-refractivity contribution in [2.45, 2.75) is 44.9 Å². The standard InChI is InChI=1S/C13H22N4OS/c1-9-12(14)10(2)17(16-9)7-11(18)15-8-13(3)5-4-6-19-13/h4-8,14H2,1-3H3,(H,15,18). The van der Waals surface area contributed by atoms with Gasteiger partial charge >= 0.3 is 0 Å². The molecule has 0 aliphatic carbocycles. The summed E-state index contributed by atoms with van der Waals surface area (Å²) in [5, 5.41) is 7.28. The Morgan fingerprint density at radius 1 is 1.58 bits per heavy atom. The lowest BCUT2D eigenvalue weighted by Crippen LogP contribution is -2.38. The Labute approximate surface area is 118 Å². The van der Waals surface area contributed by atoms with Crippen LogP contribution in [0.3, 0.4) is 0 Å². The highest BCUT2D eigenvalue weighted by Crippen LogP contribution is 2.36. The largest absolute Gasteiger partial charge is 0.396 e. The van der Waals surface area contributed by atoms with Gasteiger partial charge in [-0.2, -0.15) is 16.9 Å². The van der Waals surface area contributed by atoms with Crippen molar-refractivity contribution in [3.63, 3.8) is 0 Å². The summed E-state index contributed by atoms with van der Waals surface area (Å²) in [7, 11) is 0. The Bertz CT molecular complexity index is 477. The maximum Gasteiger partial charge on any atom is 0.241 e. The van der Waals surface area contributed by atoms with Crippen molar-refractivity contribution in [2.75, 3.05) is 18.0 Å². The number of anilines is 1. The number of thioether (sulfide) groups is 1. The Morgan fingerprint density at radius 2 is 2.32 bits per heavy atom. The molecule has 1 amide bonds. The number of rotatable bonds is 4. The van der Waals surface area contributed by atoms with Crippen molar-refractivity contribution in [2.24, 2.45) is 0 Å². The smallest absolute Gasteiger partial charge is 0.241 e. The maximum atomic E-state index is 12.0. The van der Waals surface area contributed by atoms with Crippen LogP contribution < -0.4 is 11.1 Å². The summed E-state index contributed by atoms with van der Waals surface area (Å²) in [4.78, 5) is 12.0. The topological polar surface area (TPSA) is 72.9 Å². The van der Waals surface area contributed by atoms with Crippen molar-refractivity contribution in [1.82, 2.24) is 15.1 Å². The summed E-state index contributed by atoms with van der Waals surface area (Å²) in [6, 6.07) is 0. The molecule has 1 unspecified atom stereocenters. The molecule has 2 heterocycles. The third-order valence-corrected chi connectivity index (χ3v) is 5.23. The van der Waals surface area contributed by atoms with Gasteiger partial charge in [0, 0.05) is 11.3 Å². The lowest BCUT2D eigenvalue weighted by Gasteiger charge is -2.22. The molecule has 1 aromatic heterocycles. The summed E-state index contributed by atoms with van der Waals surface area (Å²) in [5.41, 5.74) is 8.16. The molecule has 1 aliphatic heterocycles. The van der Waals surface area contributed by atoms with Gasteiger partial charge in [-0.05, 0) is 39.4 Å². The number of nitrogen functional groups attached to an aromatic ring is 1. The molecule has 0 aromatic carbocycles. The fourth-order valence-corrected chi connectivity index (χ4v) is 3.56. The first-order valence-electron chi connectivity index (χ1n) is 6.61. The van der Waals surface area contributed by atoms with Crippen molar-refractivity contribution >= 4 is 23.4 Å². The molecular formula is C13H22N4OS. The number of hydrogen-bond acceptors (Lipinski definition) is 4. The fourth-order valence-electron chi connectivity index (χ4n) is 2.32. The number of amides is 1. The first-order chi connectivity index (χ1) is 8.91. The van der Waals surface area contributed by atoms with Gasteiger partial charge in [0.05, 0.1) is 17.1 Å². The van der Waals surface area contributed by atoms with Crippen molar-refractivity contribution in [3.05, 3.63) is 11.4 Å². The number of hydrogen-bond donors (Lipinski definition) is 2. The molecule has 6 heteroatoms. The Morgan fingerprint density at radius 3 is 2.84 bits per heavy atom. The fraction of sp³-hybridized carbons (Fsp3) is 0.692. The quantitative estimate of drug-likeness (QED) is 0.877. The molecule has 0 radical (unpaired) electrons. The second kappa shape index (κ2) is 5.45. The van der Waals surface area contributed by atoms with Crippen LogP contribution in [-0.4, -0.2) is 32.7 Å². The van der Waals surface area contributed by atoms with E-state index in [1.807, 2.05) is 25.6 Å². The van der Waals surface area contributed by atoms with Gasteiger partial charge in [-0.1, -0.05) is 0 Å². The van der Waals surface area contributed by atoms with Crippen LogP contribution in [0.1, 0.15) is 31.2 Å². The number of aromatic nitrogens is 2. The molecule has 106 valence electrons. The van der Waals surface area contributed by atoms with Gasteiger partial charge in [0.15, 0.2) is 0 Å². The number of nitrogens with two attached hydrogens (primary N) is 1. The molecule has 1 aliphatic rings. The van der Waals surface area contributed by atoms with E-state index < -0.39 is 0 Å². The molecule has 3 N–H and O–H groups in total. The molecule has 5 nitrogen and oxygen atoms in total. The molecule has 1 fully saturated rings. The molecule has 0 spiro atoms. The van der Waals surface area contributed by atoms with E-state index in [1.165, 1.54) is 18.6 Å². The average molecular weight is 282 g/mol. The van der Waals surface area contributed by atoms with Gasteiger partial charge in [0.25, 0.3) is 0 Å². The highest BCUT2D eigenvalue weighted by atomic mass is 32.2. The normalized spacial score (nSPS) is 22.7. The van der Waals surface area contributed by atoms with E-state index in [4.69, 9.17) is 5.73 Å². The summed E-state index contributed by atoms with van der Waals surface area (Å²) in [6.07, 6.45) is 2.41. The molecule has 1 aromatic rings. The molecule has 0 bridgehead atoms. The lowest BCUT2D eigenvalue weighted by molar-refractivity contribution is -0.122. The predicted octanol–water partition coefficient (Wildman–Crippen LogP) is 1.48. The van der Waals surface area contributed by atoms with Gasteiger partial charge in [0.2, 0.25) is 5.91 Å². The summed E-state index contributed by atoms with van der Waals surface area (Å²) >= 11 is 1.95. The zero-order chi connectivity index (χ0) is 14.0. The summed E-state index contributed by atoms with van der Waals surface area (Å²) in [5.74, 6) is 1.19. The van der Waals surface area contributed by atoms with E-state index >= 15 is 0 Å². The molecule has 19 heavy (non-hydrogen) atoms. The zero-order valence-electron chi connectivity index (χ0n) is 11.8. The van der Waals surface area contributed by atoms with Crippen LogP contribution in [0, 0.1) is 13.8 Å². The number of carbonyl (C=O) groups excluding carboxylic acids is 1. The minimum absolute atomic E-state index is 0.000625. The van der Waals surface area contributed by atoms with Gasteiger partial charge in [-0.25, -0.2) is 0 Å². The Hall–Kier alpha value is -1.17. The Balaban J connectivity index is 1.89. The van der Waals surface area contributed by atoms with Crippen molar-refractivity contribution < 1.29 is 4.79 Å². The zero-order valence-corrected chi connectivity index (χ0v) is 12.6. The monoisotopic (exact) mass is 282 g/mol. The lowest BCUT2D eigenvalue weighted by atomic mass is 10.1. The minimum atomic E-state index is -0.000625. The molecule has 2 rings (SSSR count). The van der Waals surface area contributed by atoms with Crippen LogP contribution in [0.4, 0.5) is 5.69 Å². The van der Waals surface area contributed by atoms with E-state index in [1.54, 1.807) is 4.68 Å². The number of aryl methyl sites for hydroxylation is 1. The first kappa shape index (κ1) is 14.2. The minimum Gasteiger partial charge on any atom is -0.396 e. The van der Waals surface area contributed by atoms with Gasteiger partial charge in [0.1, 0.15) is 6.54 Å². The highest BCUT2D eigenvalue weighted by molar-refractivity contribution is 8.00. The van der Waals surface area contributed by atoms with Crippen LogP contribution in [-0.2, 0) is 11.3 Å². The first-order valence-corrected chi connectivity index (χ1v) is 7.60. The van der Waals surface area contributed by atoms with Crippen LogP contribution in [0.2, 0.25) is 0 Å². The predicted molar refractivity (Wildman–Crippen MR) is 79.2 cm³/mol. The number of carbonyl (C=O) groups is 1. The van der Waals surface area contributed by atoms with Crippen LogP contribution >= 0.6 is 11.8 Å². The van der Waals surface area contributed by atoms with E-state index in [9.17, 15) is 4.79 Å². The van der Waals surface area contributed by atoms with Crippen LogP contribution in [0.5, 0.6) is 0 Å². The summed E-state index contributed by atoms with van der Waals surface area (Å²) in [6.45, 7) is 6.92. The summed E-state index contributed by atoms with van der Waals surface area (Å²) < 4.78 is 1.87. The van der Waals surface area contributed by atoms with Crippen molar-refractivity contribution in [1.29, 1.82) is 0 Å². The number of nitrogens with zero attached hydrogens (tertiary/aromatic N) is 2. The van der Waals surface area contributed by atoms with Crippen molar-refractivity contribution in [3.8, 4) is 0 Å². The number of nitrogens with one attached hydrogen (secondary N) is 1. The Kier molecular flexibility index (Phi) is 4.08. The third-order valence-electron chi connectivity index (χ3n) is 3.69. The second-order valence-corrected chi connectivity index (χ2v) is 7.10. The van der Waals surface area contributed by atoms with E-state index in [2.05, 4.69) is 17.3 Å².